The Bertz CT molecular complexity index is 891. The smallest absolute Gasteiger partial charge is 1.00 e. The summed E-state index contributed by atoms with van der Waals surface area (Å²) in [5, 5.41) is 7.16. The first-order valence-electron chi connectivity index (χ1n) is 6.63. The van der Waals surface area contributed by atoms with Gasteiger partial charge in [-0.25, -0.2) is 9.78 Å². The third kappa shape index (κ3) is 4.74. The van der Waals surface area contributed by atoms with E-state index >= 15 is 0 Å². The molecule has 1 aromatic heterocycles. The van der Waals surface area contributed by atoms with E-state index in [0.29, 0.717) is 0 Å². The number of carbonyl (C=O) groups excluding carboxylic acids is 3. The fourth-order valence-electron chi connectivity index (χ4n) is 2.11. The van der Waals surface area contributed by atoms with Gasteiger partial charge in [0.25, 0.3) is 11.8 Å². The number of anilines is 1. The summed E-state index contributed by atoms with van der Waals surface area (Å²) in [4.78, 5) is 44.5. The van der Waals surface area contributed by atoms with Gasteiger partial charge in [-0.2, -0.15) is 12.7 Å². The summed E-state index contributed by atoms with van der Waals surface area (Å²) in [5.41, 5.74) is 5.17. The Morgan fingerprint density at radius 2 is 2.11 bits per heavy atom. The minimum Gasteiger partial charge on any atom is -1.00 e. The standard InChI is InChI=1S/C11H13N5O8S2.Na.H/c1-23-10(19)7-6(9(18)16(7)26(20,21)22)14-8(17)5(15-24-2)4-3-25-11(12)13-4;;/h3,6-7H,1-2H3,(H2,12,13)(H,14,17)(H,20,21,22);;/q;+1;-1/b15-5-;;. The Morgan fingerprint density at radius 1 is 1.48 bits per heavy atom. The Hall–Kier alpha value is -1.78. The molecule has 2 unspecified atom stereocenters. The molecule has 1 aromatic rings. The number of β-lactam (4-membered cyclic amide) rings is 1. The third-order valence-electron chi connectivity index (χ3n) is 3.19. The number of oxime groups is 1. The van der Waals surface area contributed by atoms with Crippen LogP contribution in [0.4, 0.5) is 5.13 Å². The van der Waals surface area contributed by atoms with Gasteiger partial charge in [-0.15, -0.1) is 11.3 Å². The summed E-state index contributed by atoms with van der Waals surface area (Å²) >= 11 is 1.02. The van der Waals surface area contributed by atoms with E-state index in [9.17, 15) is 22.8 Å². The molecule has 0 spiro atoms. The molecule has 16 heteroatoms. The van der Waals surface area contributed by atoms with E-state index in [-0.39, 0.29) is 51.8 Å². The molecular formula is C11H14N5NaO8S2. The molecule has 2 rings (SSSR count). The molecule has 2 atom stereocenters. The van der Waals surface area contributed by atoms with Crippen molar-refractivity contribution in [3.8, 4) is 0 Å². The van der Waals surface area contributed by atoms with Crippen LogP contribution in [0.15, 0.2) is 10.5 Å². The van der Waals surface area contributed by atoms with Gasteiger partial charge >= 0.3 is 45.8 Å². The van der Waals surface area contributed by atoms with Crippen molar-refractivity contribution in [1.82, 2.24) is 14.6 Å². The van der Waals surface area contributed by atoms with Crippen molar-refractivity contribution in [2.24, 2.45) is 5.16 Å². The minimum atomic E-state index is -5.02. The molecule has 27 heavy (non-hydrogen) atoms. The van der Waals surface area contributed by atoms with E-state index in [2.05, 4.69) is 25.0 Å². The molecule has 4 N–H and O–H groups in total. The molecule has 1 aliphatic rings. The molecule has 0 radical (unpaired) electrons. The average Bonchev–Trinajstić information content (AvgIpc) is 2.98. The molecule has 0 saturated carbocycles. The van der Waals surface area contributed by atoms with Crippen molar-refractivity contribution in [3.05, 3.63) is 11.1 Å². The van der Waals surface area contributed by atoms with Crippen LogP contribution in [0.5, 0.6) is 0 Å². The summed E-state index contributed by atoms with van der Waals surface area (Å²) in [6.07, 6.45) is 0. The minimum absolute atomic E-state index is 0. The number of hydrogen-bond acceptors (Lipinski definition) is 11. The van der Waals surface area contributed by atoms with Gasteiger partial charge in [-0.05, 0) is 0 Å². The molecule has 13 nitrogen and oxygen atoms in total. The van der Waals surface area contributed by atoms with Crippen LogP contribution in [0.3, 0.4) is 0 Å². The number of aromatic nitrogens is 1. The number of thiazole rings is 1. The van der Waals surface area contributed by atoms with Crippen LogP contribution in [0.2, 0.25) is 0 Å². The fraction of sp³-hybridized carbons (Fsp3) is 0.364. The van der Waals surface area contributed by atoms with Crippen molar-refractivity contribution in [1.29, 1.82) is 0 Å². The Kier molecular flexibility index (Phi) is 7.70. The van der Waals surface area contributed by atoms with Gasteiger partial charge in [0.2, 0.25) is 0 Å². The molecular weight excluding hydrogens is 417 g/mol. The number of nitrogen functional groups attached to an aromatic ring is 1. The molecule has 1 fully saturated rings. The number of hydrogen-bond donors (Lipinski definition) is 3. The maximum atomic E-state index is 12.4. The topological polar surface area (TPSA) is 191 Å². The first kappa shape index (κ1) is 23.3. The van der Waals surface area contributed by atoms with E-state index in [1.807, 2.05) is 0 Å². The number of esters is 1. The van der Waals surface area contributed by atoms with E-state index in [0.717, 1.165) is 25.6 Å². The number of nitrogens with one attached hydrogen (secondary N) is 1. The second-order valence-electron chi connectivity index (χ2n) is 4.72. The predicted octanol–water partition coefficient (Wildman–Crippen LogP) is -5.14. The van der Waals surface area contributed by atoms with Gasteiger partial charge in [-0.1, -0.05) is 5.16 Å². The Balaban J connectivity index is 0.00000364. The van der Waals surface area contributed by atoms with E-state index in [4.69, 9.17) is 10.3 Å². The molecule has 1 saturated heterocycles. The average molecular weight is 431 g/mol. The molecule has 0 aromatic carbocycles. The maximum Gasteiger partial charge on any atom is 1.00 e. The van der Waals surface area contributed by atoms with Crippen LogP contribution >= 0.6 is 11.3 Å². The van der Waals surface area contributed by atoms with Crippen molar-refractivity contribution < 1.29 is 67.9 Å². The van der Waals surface area contributed by atoms with Gasteiger partial charge in [-0.3, -0.25) is 14.1 Å². The van der Waals surface area contributed by atoms with Crippen LogP contribution in [-0.4, -0.2) is 72.1 Å². The zero-order valence-electron chi connectivity index (χ0n) is 15.3. The van der Waals surface area contributed by atoms with Gasteiger partial charge in [0.1, 0.15) is 18.8 Å². The van der Waals surface area contributed by atoms with Crippen LogP contribution in [-0.2, 0) is 34.3 Å². The van der Waals surface area contributed by atoms with Crippen LogP contribution in [0.25, 0.3) is 0 Å². The second-order valence-corrected chi connectivity index (χ2v) is 6.90. The zero-order chi connectivity index (χ0) is 19.6. The first-order chi connectivity index (χ1) is 12.1. The third-order valence-corrected chi connectivity index (χ3v) is 4.77. The summed E-state index contributed by atoms with van der Waals surface area (Å²) in [7, 11) is -2.91. The normalized spacial score (nSPS) is 19.6. The van der Waals surface area contributed by atoms with Gasteiger partial charge in [0.05, 0.1) is 7.11 Å². The van der Waals surface area contributed by atoms with Crippen molar-refractivity contribution in [2.75, 3.05) is 20.0 Å². The number of methoxy groups -OCH3 is 1. The molecule has 144 valence electrons. The number of rotatable bonds is 6. The molecule has 2 heterocycles. The van der Waals surface area contributed by atoms with Gasteiger partial charge in [0.15, 0.2) is 16.9 Å². The summed E-state index contributed by atoms with van der Waals surface area (Å²) < 4.78 is 35.8. The van der Waals surface area contributed by atoms with Crippen molar-refractivity contribution in [2.45, 2.75) is 12.1 Å². The monoisotopic (exact) mass is 431 g/mol. The maximum absolute atomic E-state index is 12.4. The number of carbonyl (C=O) groups is 3. The van der Waals surface area contributed by atoms with Gasteiger partial charge in [0, 0.05) is 5.38 Å². The zero-order valence-corrected chi connectivity index (χ0v) is 17.9. The van der Waals surface area contributed by atoms with E-state index < -0.39 is 40.2 Å². The molecule has 2 amide bonds. The van der Waals surface area contributed by atoms with Crippen LogP contribution in [0, 0.1) is 0 Å². The van der Waals surface area contributed by atoms with E-state index in [1.54, 1.807) is 0 Å². The van der Waals surface area contributed by atoms with Gasteiger partial charge < -0.3 is 22.1 Å². The van der Waals surface area contributed by atoms with Crippen molar-refractivity contribution in [3.63, 3.8) is 0 Å². The number of nitrogens with two attached hydrogens (primary N) is 1. The summed E-state index contributed by atoms with van der Waals surface area (Å²) in [5.74, 6) is -3.37. The Labute approximate surface area is 180 Å². The predicted molar refractivity (Wildman–Crippen MR) is 87.3 cm³/mol. The number of ether oxygens (including phenoxy) is 1. The molecule has 0 aliphatic carbocycles. The SMILES string of the molecule is CO/N=C(\C(=O)NC1C(=O)N(S(=O)(=O)O)C1C(=O)OC)c1csc(N)n1.[H-].[Na+]. The second kappa shape index (κ2) is 8.94. The first-order valence-corrected chi connectivity index (χ1v) is 8.91. The fourth-order valence-corrected chi connectivity index (χ4v) is 3.50. The summed E-state index contributed by atoms with van der Waals surface area (Å²) in [6.45, 7) is 0. The van der Waals surface area contributed by atoms with Crippen LogP contribution in [0.1, 0.15) is 7.12 Å². The van der Waals surface area contributed by atoms with E-state index in [1.165, 1.54) is 5.38 Å². The molecule has 1 aliphatic heterocycles. The summed E-state index contributed by atoms with van der Waals surface area (Å²) in [6, 6.07) is -3.37. The quantitative estimate of drug-likeness (QED) is 0.0980. The van der Waals surface area contributed by atoms with Crippen molar-refractivity contribution >= 4 is 50.3 Å². The number of nitrogens with zero attached hydrogens (tertiary/aromatic N) is 3. The number of amides is 2. The largest absolute Gasteiger partial charge is 1.00 e. The Morgan fingerprint density at radius 3 is 2.56 bits per heavy atom. The van der Waals surface area contributed by atoms with Crippen LogP contribution < -0.4 is 40.6 Å². The molecule has 0 bridgehead atoms.